The molecule has 230 valence electrons. The number of benzene rings is 4. The average Bonchev–Trinajstić information content (AvgIpc) is 3.04. The summed E-state index contributed by atoms with van der Waals surface area (Å²) in [4.78, 5) is 0. The first kappa shape index (κ1) is 32.9. The molecule has 45 heavy (non-hydrogen) atoms. The molecule has 0 N–H and O–H groups in total. The predicted octanol–water partition coefficient (Wildman–Crippen LogP) is 12.3. The first-order valence-electron chi connectivity index (χ1n) is 13.8. The van der Waals surface area contributed by atoms with Gasteiger partial charge in [-0.2, -0.15) is 0 Å². The molecular formula is C36H27F6PSe2. The van der Waals surface area contributed by atoms with Gasteiger partial charge in [-0.3, -0.25) is 0 Å². The van der Waals surface area contributed by atoms with E-state index >= 15 is 0 Å². The second-order valence-corrected chi connectivity index (χ2v) is 16.7. The summed E-state index contributed by atoms with van der Waals surface area (Å²) in [5.74, 6) is 0. The zero-order chi connectivity index (χ0) is 32.1. The van der Waals surface area contributed by atoms with Gasteiger partial charge in [-0.1, -0.05) is 0 Å². The standard InChI is InChI=1S/C36H27Se2.F6P/c1-26(31-22-33(27-14-6-2-7-15-27)37-34(23-31)28-16-8-3-9-17-28)32-24-35(29-18-10-4-11-19-29)38-36(25-32)30-20-12-5-13-21-30;1-7(2,3,4,5)6/h2-25H,1H3;/q+1;-1. The summed E-state index contributed by atoms with van der Waals surface area (Å²) in [6.07, 6.45) is 4.85. The first-order valence-corrected chi connectivity index (χ1v) is 19.2. The summed E-state index contributed by atoms with van der Waals surface area (Å²) < 4.78 is 64.9. The van der Waals surface area contributed by atoms with E-state index in [1.165, 1.54) is 56.8 Å². The van der Waals surface area contributed by atoms with Crippen LogP contribution in [0.3, 0.4) is 0 Å². The van der Waals surface area contributed by atoms with Crippen molar-refractivity contribution >= 4 is 51.8 Å². The Morgan fingerprint density at radius 2 is 0.822 bits per heavy atom. The molecule has 4 aromatic carbocycles. The van der Waals surface area contributed by atoms with Gasteiger partial charge in [-0.15, -0.1) is 0 Å². The zero-order valence-electron chi connectivity index (χ0n) is 23.9. The molecule has 0 aliphatic carbocycles. The molecule has 0 bridgehead atoms. The molecule has 0 saturated heterocycles. The van der Waals surface area contributed by atoms with Crippen LogP contribution in [0.1, 0.15) is 23.6 Å². The fraction of sp³-hybridized carbons (Fsp3) is 0.0278. The van der Waals surface area contributed by atoms with E-state index in [1.807, 2.05) is 0 Å². The fourth-order valence-electron chi connectivity index (χ4n) is 4.58. The number of allylic oxidation sites excluding steroid dienone is 4. The molecule has 1 aromatic heterocycles. The third kappa shape index (κ3) is 10.3. The van der Waals surface area contributed by atoms with Crippen molar-refractivity contribution in [1.29, 1.82) is 0 Å². The Kier molecular flexibility index (Phi) is 9.29. The van der Waals surface area contributed by atoms with E-state index in [9.17, 15) is 25.2 Å². The fourth-order valence-corrected chi connectivity index (χ4v) is 9.27. The van der Waals surface area contributed by atoms with E-state index in [2.05, 4.69) is 153 Å². The van der Waals surface area contributed by atoms with Crippen LogP contribution >= 0.6 is 7.81 Å². The van der Waals surface area contributed by atoms with Crippen molar-refractivity contribution in [3.63, 3.8) is 0 Å². The monoisotopic (exact) mass is 764 g/mol. The Balaban J connectivity index is 0.000000515. The first-order chi connectivity index (χ1) is 21.2. The van der Waals surface area contributed by atoms with Crippen LogP contribution in [0.15, 0.2) is 151 Å². The Bertz CT molecular complexity index is 1760. The van der Waals surface area contributed by atoms with E-state index in [4.69, 9.17) is 0 Å². The number of halogens is 6. The summed E-state index contributed by atoms with van der Waals surface area (Å²) in [5, 5.41) is 0. The topological polar surface area (TPSA) is 0 Å². The molecule has 5 aromatic rings. The Hall–Kier alpha value is -3.50. The molecule has 0 unspecified atom stereocenters. The van der Waals surface area contributed by atoms with Gasteiger partial charge in [0.2, 0.25) is 0 Å². The SMILES string of the molecule is CC(=C1C=C(c2ccccc2)[Se]C(c2ccccc2)=C1)c1cc(-c2ccccc2)[se+]c(-c2ccccc2)c1.F[P-](F)(F)(F)(F)F. The molecule has 0 spiro atoms. The molecule has 6 rings (SSSR count). The van der Waals surface area contributed by atoms with Crippen LogP contribution < -0.4 is 0 Å². The van der Waals surface area contributed by atoms with Gasteiger partial charge in [0.05, 0.1) is 0 Å². The molecule has 9 heteroatoms. The maximum absolute atomic E-state index is 10.7. The van der Waals surface area contributed by atoms with Crippen LogP contribution in [0.5, 0.6) is 0 Å². The van der Waals surface area contributed by atoms with E-state index in [1.54, 1.807) is 0 Å². The number of hydrogen-bond acceptors (Lipinski definition) is 0. The van der Waals surface area contributed by atoms with Crippen LogP contribution in [0.2, 0.25) is 0 Å². The van der Waals surface area contributed by atoms with E-state index in [0.717, 1.165) is 0 Å². The maximum atomic E-state index is 9.87. The second kappa shape index (κ2) is 12.7. The molecule has 0 nitrogen and oxygen atoms in total. The molecule has 0 atom stereocenters. The quantitative estimate of drug-likeness (QED) is 0.0950. The third-order valence-corrected chi connectivity index (χ3v) is 11.5. The van der Waals surface area contributed by atoms with Crippen molar-refractivity contribution in [2.24, 2.45) is 0 Å². The Labute approximate surface area is 270 Å². The average molecular weight is 762 g/mol. The zero-order valence-corrected chi connectivity index (χ0v) is 28.2. The van der Waals surface area contributed by atoms with Crippen LogP contribution in [0.25, 0.3) is 34.5 Å². The number of rotatable bonds is 5. The minimum absolute atomic E-state index is 0.239. The van der Waals surface area contributed by atoms with Gasteiger partial charge < -0.3 is 0 Å². The molecule has 1 aliphatic heterocycles. The molecule has 0 radical (unpaired) electrons. The molecule has 0 saturated carbocycles. The molecule has 0 fully saturated rings. The van der Waals surface area contributed by atoms with Crippen molar-refractivity contribution < 1.29 is 25.2 Å². The van der Waals surface area contributed by atoms with E-state index < -0.39 is 7.81 Å². The summed E-state index contributed by atoms with van der Waals surface area (Å²) >= 11 is 0.478. The van der Waals surface area contributed by atoms with Crippen molar-refractivity contribution in [3.8, 4) is 20.0 Å². The van der Waals surface area contributed by atoms with Crippen molar-refractivity contribution in [1.82, 2.24) is 0 Å². The second-order valence-electron chi connectivity index (χ2n) is 10.2. The van der Waals surface area contributed by atoms with Gasteiger partial charge in [0.1, 0.15) is 0 Å². The molecule has 0 amide bonds. The van der Waals surface area contributed by atoms with Gasteiger partial charge >= 0.3 is 272 Å². The van der Waals surface area contributed by atoms with Gasteiger partial charge in [0, 0.05) is 0 Å². The van der Waals surface area contributed by atoms with Gasteiger partial charge in [0.15, 0.2) is 0 Å². The third-order valence-electron chi connectivity index (χ3n) is 6.69. The van der Waals surface area contributed by atoms with Crippen molar-refractivity contribution in [2.45, 2.75) is 6.92 Å². The van der Waals surface area contributed by atoms with Crippen LogP contribution in [-0.2, 0) is 0 Å². The van der Waals surface area contributed by atoms with Crippen LogP contribution in [-0.4, -0.2) is 29.5 Å². The summed E-state index contributed by atoms with van der Waals surface area (Å²) in [6, 6.07) is 48.3. The predicted molar refractivity (Wildman–Crippen MR) is 179 cm³/mol. The normalized spacial score (nSPS) is 14.6. The van der Waals surface area contributed by atoms with Gasteiger partial charge in [-0.25, -0.2) is 0 Å². The minimum atomic E-state index is -10.7. The van der Waals surface area contributed by atoms with E-state index in [0.29, 0.717) is 0 Å². The Morgan fingerprint density at radius 1 is 0.511 bits per heavy atom. The van der Waals surface area contributed by atoms with Crippen molar-refractivity contribution in [3.05, 3.63) is 168 Å². The molecule has 1 aliphatic rings. The molecular weight excluding hydrogens is 735 g/mol. The molecule has 2 heterocycles. The van der Waals surface area contributed by atoms with Crippen LogP contribution in [0, 0.1) is 0 Å². The number of hydrogen-bond donors (Lipinski definition) is 0. The summed E-state index contributed by atoms with van der Waals surface area (Å²) in [5.41, 5.74) is 9.18. The van der Waals surface area contributed by atoms with Gasteiger partial charge in [0.25, 0.3) is 0 Å². The summed E-state index contributed by atoms with van der Waals surface area (Å²) in [7, 11) is -10.7. The van der Waals surface area contributed by atoms with E-state index in [-0.39, 0.29) is 29.5 Å². The van der Waals surface area contributed by atoms with Crippen molar-refractivity contribution in [2.75, 3.05) is 0 Å². The Morgan fingerprint density at radius 3 is 1.16 bits per heavy atom. The summed E-state index contributed by atoms with van der Waals surface area (Å²) in [6.45, 7) is 2.29. The van der Waals surface area contributed by atoms with Crippen LogP contribution in [0.4, 0.5) is 25.2 Å². The van der Waals surface area contributed by atoms with Gasteiger partial charge in [-0.05, 0) is 0 Å².